The van der Waals surface area contributed by atoms with Crippen LogP contribution in [0.1, 0.15) is 79.1 Å². The van der Waals surface area contributed by atoms with E-state index in [-0.39, 0.29) is 29.9 Å². The third kappa shape index (κ3) is 9.43. The standard InChI is InChI=1S/C27H39NO7/c1-18(8-5-9-19(2)14-22-25(32)20(3)26(33)35-22)10-6-12-27(4,34)13-7-11-21-15-23(29)28(16-21)17-24(30)31/h10,14-15,19-20,34H,5-9,11-13,16-17H2,1-4H3,(H,30,31)/b18-10+,22-14-/t19-,20?,27?/m0/s1. The largest absolute Gasteiger partial charge is 0.480 e. The highest BCUT2D eigenvalue weighted by atomic mass is 16.5. The maximum Gasteiger partial charge on any atom is 0.323 e. The summed E-state index contributed by atoms with van der Waals surface area (Å²) in [4.78, 5) is 47.3. The zero-order valence-corrected chi connectivity index (χ0v) is 21.3. The lowest BCUT2D eigenvalue weighted by Crippen LogP contribution is -2.31. The van der Waals surface area contributed by atoms with Crippen LogP contribution >= 0.6 is 0 Å². The lowest BCUT2D eigenvalue weighted by atomic mass is 9.91. The van der Waals surface area contributed by atoms with Crippen molar-refractivity contribution in [2.45, 2.75) is 84.7 Å². The molecule has 2 N–H and O–H groups in total. The van der Waals surface area contributed by atoms with Gasteiger partial charge in [-0.05, 0) is 89.7 Å². The van der Waals surface area contributed by atoms with E-state index in [1.54, 1.807) is 13.0 Å². The maximum atomic E-state index is 11.9. The smallest absolute Gasteiger partial charge is 0.323 e. The fraction of sp³-hybridized carbons (Fsp3) is 0.630. The van der Waals surface area contributed by atoms with Gasteiger partial charge in [-0.1, -0.05) is 18.6 Å². The first-order valence-electron chi connectivity index (χ1n) is 12.4. The van der Waals surface area contributed by atoms with E-state index in [0.717, 1.165) is 37.7 Å². The monoisotopic (exact) mass is 489 g/mol. The number of aliphatic hydroxyl groups is 1. The number of cyclic esters (lactones) is 1. The van der Waals surface area contributed by atoms with Gasteiger partial charge in [-0.15, -0.1) is 0 Å². The molecule has 1 fully saturated rings. The number of carbonyl (C=O) groups is 4. The molecule has 2 aliphatic rings. The number of hydrogen-bond donors (Lipinski definition) is 2. The molecule has 3 atom stereocenters. The Kier molecular flexibility index (Phi) is 10.4. The van der Waals surface area contributed by atoms with Crippen LogP contribution < -0.4 is 0 Å². The average molecular weight is 490 g/mol. The van der Waals surface area contributed by atoms with E-state index >= 15 is 0 Å². The molecule has 2 aliphatic heterocycles. The Balaban J connectivity index is 1.64. The highest BCUT2D eigenvalue weighted by Crippen LogP contribution is 2.25. The molecule has 0 aromatic heterocycles. The summed E-state index contributed by atoms with van der Waals surface area (Å²) >= 11 is 0. The maximum absolute atomic E-state index is 11.9. The lowest BCUT2D eigenvalue weighted by molar-refractivity contribution is -0.142. The Morgan fingerprint density at radius 1 is 1.29 bits per heavy atom. The van der Waals surface area contributed by atoms with Gasteiger partial charge in [0, 0.05) is 12.6 Å². The van der Waals surface area contributed by atoms with E-state index in [1.165, 1.54) is 16.5 Å². The Bertz CT molecular complexity index is 912. The molecule has 1 amide bonds. The second-order valence-electron chi connectivity index (χ2n) is 10.2. The van der Waals surface area contributed by atoms with Gasteiger partial charge in [-0.25, -0.2) is 0 Å². The number of allylic oxidation sites excluding steroid dienone is 4. The summed E-state index contributed by atoms with van der Waals surface area (Å²) in [7, 11) is 0. The zero-order chi connectivity index (χ0) is 26.2. The first kappa shape index (κ1) is 28.5. The van der Waals surface area contributed by atoms with Crippen LogP contribution in [0.4, 0.5) is 0 Å². The Morgan fingerprint density at radius 3 is 2.63 bits per heavy atom. The van der Waals surface area contributed by atoms with Crippen molar-refractivity contribution in [1.29, 1.82) is 0 Å². The number of hydrogen-bond acceptors (Lipinski definition) is 6. The fourth-order valence-electron chi connectivity index (χ4n) is 4.36. The SMILES string of the molecule is C/C(=C\CCC(C)(O)CCCC1=CC(=O)N(CC(=O)O)C1)CCC[C@H](C)/C=C1\OC(=O)C(C)C1=O. The number of amides is 1. The van der Waals surface area contributed by atoms with Crippen molar-refractivity contribution in [1.82, 2.24) is 4.90 Å². The molecule has 194 valence electrons. The van der Waals surface area contributed by atoms with Gasteiger partial charge in [0.2, 0.25) is 11.7 Å². The quantitative estimate of drug-likeness (QED) is 0.164. The molecule has 8 nitrogen and oxygen atoms in total. The molecule has 0 aromatic rings. The summed E-state index contributed by atoms with van der Waals surface area (Å²) in [5.41, 5.74) is 1.37. The molecular formula is C27H39NO7. The second-order valence-corrected chi connectivity index (χ2v) is 10.2. The third-order valence-electron chi connectivity index (χ3n) is 6.62. The summed E-state index contributed by atoms with van der Waals surface area (Å²) in [5.74, 6) is -2.37. The molecule has 35 heavy (non-hydrogen) atoms. The van der Waals surface area contributed by atoms with Crippen molar-refractivity contribution in [2.75, 3.05) is 13.1 Å². The predicted molar refractivity (Wildman–Crippen MR) is 131 cm³/mol. The van der Waals surface area contributed by atoms with Crippen molar-refractivity contribution in [2.24, 2.45) is 11.8 Å². The minimum atomic E-state index is -1.02. The van der Waals surface area contributed by atoms with Crippen LogP contribution in [0.15, 0.2) is 35.1 Å². The molecule has 0 bridgehead atoms. The minimum absolute atomic E-state index is 0.141. The molecule has 0 aromatic carbocycles. The second kappa shape index (κ2) is 12.8. The van der Waals surface area contributed by atoms with Gasteiger partial charge < -0.3 is 19.8 Å². The van der Waals surface area contributed by atoms with Crippen molar-refractivity contribution in [3.05, 3.63) is 35.1 Å². The predicted octanol–water partition coefficient (Wildman–Crippen LogP) is 3.94. The van der Waals surface area contributed by atoms with Gasteiger partial charge in [-0.2, -0.15) is 0 Å². The van der Waals surface area contributed by atoms with E-state index in [9.17, 15) is 24.3 Å². The van der Waals surface area contributed by atoms with Crippen LogP contribution in [-0.4, -0.2) is 57.4 Å². The Morgan fingerprint density at radius 2 is 2.00 bits per heavy atom. The molecule has 0 saturated carbocycles. The number of ketones is 1. The van der Waals surface area contributed by atoms with E-state index in [0.29, 0.717) is 25.8 Å². The van der Waals surface area contributed by atoms with Crippen molar-refractivity contribution in [3.63, 3.8) is 0 Å². The highest BCUT2D eigenvalue weighted by molar-refractivity contribution is 6.12. The highest BCUT2D eigenvalue weighted by Gasteiger charge is 2.36. The number of aliphatic carboxylic acids is 1. The molecule has 2 unspecified atom stereocenters. The van der Waals surface area contributed by atoms with Gasteiger partial charge in [0.25, 0.3) is 0 Å². The van der Waals surface area contributed by atoms with E-state index in [4.69, 9.17) is 9.84 Å². The molecule has 8 heteroatoms. The summed E-state index contributed by atoms with van der Waals surface area (Å²) in [5, 5.41) is 19.5. The van der Waals surface area contributed by atoms with Gasteiger partial charge in [0.15, 0.2) is 5.76 Å². The summed E-state index contributed by atoms with van der Waals surface area (Å²) in [6.45, 7) is 7.55. The Labute approximate surface area is 207 Å². The van der Waals surface area contributed by atoms with E-state index in [1.807, 2.05) is 13.8 Å². The van der Waals surface area contributed by atoms with Crippen LogP contribution in [0.25, 0.3) is 0 Å². The van der Waals surface area contributed by atoms with Crippen molar-refractivity contribution in [3.8, 4) is 0 Å². The molecule has 0 spiro atoms. The number of ether oxygens (including phenoxy) is 1. The fourth-order valence-corrected chi connectivity index (χ4v) is 4.36. The molecule has 0 aliphatic carbocycles. The van der Waals surface area contributed by atoms with Crippen LogP contribution in [0, 0.1) is 11.8 Å². The van der Waals surface area contributed by atoms with Gasteiger partial charge in [0.1, 0.15) is 12.5 Å². The van der Waals surface area contributed by atoms with Crippen LogP contribution in [-0.2, 0) is 23.9 Å². The number of rotatable bonds is 14. The van der Waals surface area contributed by atoms with Crippen LogP contribution in [0.5, 0.6) is 0 Å². The van der Waals surface area contributed by atoms with Crippen LogP contribution in [0.3, 0.4) is 0 Å². The molecule has 1 saturated heterocycles. The third-order valence-corrected chi connectivity index (χ3v) is 6.62. The number of nitrogens with zero attached hydrogens (tertiary/aromatic N) is 1. The van der Waals surface area contributed by atoms with Gasteiger partial charge >= 0.3 is 11.9 Å². The molecule has 2 rings (SSSR count). The average Bonchev–Trinajstić information content (AvgIpc) is 3.20. The van der Waals surface area contributed by atoms with E-state index < -0.39 is 23.5 Å². The zero-order valence-electron chi connectivity index (χ0n) is 21.3. The number of carbonyl (C=O) groups excluding carboxylic acids is 3. The summed E-state index contributed by atoms with van der Waals surface area (Å²) in [6.07, 6.45) is 11.6. The molecular weight excluding hydrogens is 450 g/mol. The topological polar surface area (TPSA) is 121 Å². The summed E-state index contributed by atoms with van der Waals surface area (Å²) < 4.78 is 5.04. The van der Waals surface area contributed by atoms with Crippen molar-refractivity contribution < 1.29 is 34.1 Å². The first-order valence-corrected chi connectivity index (χ1v) is 12.4. The Hall–Kier alpha value is -2.74. The number of Topliss-reactive ketones (excluding diaryl/α,β-unsaturated/α-hetero) is 1. The van der Waals surface area contributed by atoms with E-state index in [2.05, 4.69) is 13.0 Å². The first-order chi connectivity index (χ1) is 16.4. The van der Waals surface area contributed by atoms with Gasteiger partial charge in [-0.3, -0.25) is 19.2 Å². The number of carboxylic acids is 1. The molecule has 0 radical (unpaired) electrons. The summed E-state index contributed by atoms with van der Waals surface area (Å²) in [6, 6.07) is 0. The van der Waals surface area contributed by atoms with Crippen LogP contribution in [0.2, 0.25) is 0 Å². The number of esters is 1. The molecule has 2 heterocycles. The van der Waals surface area contributed by atoms with Gasteiger partial charge in [0.05, 0.1) is 5.60 Å². The minimum Gasteiger partial charge on any atom is -0.480 e. The van der Waals surface area contributed by atoms with Crippen molar-refractivity contribution >= 4 is 23.6 Å². The lowest BCUT2D eigenvalue weighted by Gasteiger charge is -2.23. The number of carboxylic acid groups (broad SMARTS) is 1. The normalized spacial score (nSPS) is 22.4.